The first-order chi connectivity index (χ1) is 12.5. The van der Waals surface area contributed by atoms with Crippen molar-refractivity contribution < 1.29 is 9.18 Å². The molecule has 1 heterocycles. The van der Waals surface area contributed by atoms with Crippen molar-refractivity contribution in [1.29, 1.82) is 0 Å². The minimum Gasteiger partial charge on any atom is -0.350 e. The predicted molar refractivity (Wildman–Crippen MR) is 107 cm³/mol. The summed E-state index contributed by atoms with van der Waals surface area (Å²) in [6.45, 7) is 0.500. The van der Waals surface area contributed by atoms with Crippen LogP contribution in [0.4, 0.5) is 4.39 Å². The van der Waals surface area contributed by atoms with Crippen molar-refractivity contribution in [3.63, 3.8) is 0 Å². The second-order valence-electron chi connectivity index (χ2n) is 6.40. The summed E-state index contributed by atoms with van der Waals surface area (Å²) in [5.41, 5.74) is 1.22. The molecule has 0 saturated heterocycles. The van der Waals surface area contributed by atoms with Crippen LogP contribution >= 0.6 is 22.9 Å². The fourth-order valence-corrected chi connectivity index (χ4v) is 4.26. The number of nitrogens with one attached hydrogen (secondary N) is 1. The number of thiophene rings is 1. The first kappa shape index (κ1) is 18.8. The summed E-state index contributed by atoms with van der Waals surface area (Å²) in [6, 6.07) is 14.7. The molecule has 0 bridgehead atoms. The maximum absolute atomic E-state index is 13.4. The number of halogens is 2. The van der Waals surface area contributed by atoms with E-state index < -0.39 is 0 Å². The number of fused-ring (bicyclic) bond motifs is 1. The van der Waals surface area contributed by atoms with Gasteiger partial charge in [0.1, 0.15) is 10.7 Å². The van der Waals surface area contributed by atoms with Gasteiger partial charge in [-0.3, -0.25) is 4.79 Å². The van der Waals surface area contributed by atoms with Gasteiger partial charge in [0.15, 0.2) is 0 Å². The highest BCUT2D eigenvalue weighted by Gasteiger charge is 2.19. The fourth-order valence-electron chi connectivity index (χ4n) is 2.80. The van der Waals surface area contributed by atoms with Gasteiger partial charge in [0.05, 0.1) is 5.02 Å². The Kier molecular flexibility index (Phi) is 5.91. The van der Waals surface area contributed by atoms with E-state index in [4.69, 9.17) is 11.6 Å². The Morgan fingerprint density at radius 3 is 2.65 bits per heavy atom. The molecule has 0 aliphatic carbocycles. The SMILES string of the molecule is CN(C)C(CNC(=O)c1sc2cc(F)ccc2c1Cl)Cc1ccccc1. The van der Waals surface area contributed by atoms with Crippen molar-refractivity contribution in [3.05, 3.63) is 69.8 Å². The summed E-state index contributed by atoms with van der Waals surface area (Å²) in [7, 11) is 3.99. The fraction of sp³-hybridized carbons (Fsp3) is 0.250. The molecule has 1 aromatic heterocycles. The Morgan fingerprint density at radius 1 is 1.23 bits per heavy atom. The Bertz CT molecular complexity index is 911. The summed E-state index contributed by atoms with van der Waals surface area (Å²) in [4.78, 5) is 15.1. The zero-order chi connectivity index (χ0) is 18.7. The summed E-state index contributed by atoms with van der Waals surface area (Å²) < 4.78 is 14.1. The highest BCUT2D eigenvalue weighted by atomic mass is 35.5. The van der Waals surface area contributed by atoms with Gasteiger partial charge in [-0.05, 0) is 44.3 Å². The van der Waals surface area contributed by atoms with Crippen LogP contribution in [0.2, 0.25) is 5.02 Å². The molecule has 0 spiro atoms. The number of hydrogen-bond acceptors (Lipinski definition) is 3. The van der Waals surface area contributed by atoms with Crippen molar-refractivity contribution in [3.8, 4) is 0 Å². The van der Waals surface area contributed by atoms with Gasteiger partial charge in [-0.15, -0.1) is 11.3 Å². The second kappa shape index (κ2) is 8.16. The van der Waals surface area contributed by atoms with E-state index in [1.165, 1.54) is 29.0 Å². The van der Waals surface area contributed by atoms with Gasteiger partial charge >= 0.3 is 0 Å². The van der Waals surface area contributed by atoms with Crippen molar-refractivity contribution in [1.82, 2.24) is 10.2 Å². The first-order valence-electron chi connectivity index (χ1n) is 8.32. The molecule has 3 aromatic rings. The smallest absolute Gasteiger partial charge is 0.262 e. The molecular weight excluding hydrogens is 371 g/mol. The Labute approximate surface area is 161 Å². The zero-order valence-electron chi connectivity index (χ0n) is 14.6. The van der Waals surface area contributed by atoms with Crippen LogP contribution in [0.15, 0.2) is 48.5 Å². The molecule has 1 atom stereocenters. The molecule has 0 saturated carbocycles. The average Bonchev–Trinajstić information content (AvgIpc) is 2.95. The molecule has 0 radical (unpaired) electrons. The second-order valence-corrected chi connectivity index (χ2v) is 7.83. The number of likely N-dealkylation sites (N-methyl/N-ethyl adjacent to an activating group) is 1. The molecule has 2 aromatic carbocycles. The topological polar surface area (TPSA) is 32.3 Å². The molecule has 1 amide bonds. The van der Waals surface area contributed by atoms with E-state index in [9.17, 15) is 9.18 Å². The van der Waals surface area contributed by atoms with Gasteiger partial charge < -0.3 is 10.2 Å². The third kappa shape index (κ3) is 4.23. The monoisotopic (exact) mass is 390 g/mol. The summed E-state index contributed by atoms with van der Waals surface area (Å²) in [5, 5.41) is 4.06. The lowest BCUT2D eigenvalue weighted by atomic mass is 10.1. The van der Waals surface area contributed by atoms with Gasteiger partial charge in [0.2, 0.25) is 0 Å². The molecule has 1 unspecified atom stereocenters. The first-order valence-corrected chi connectivity index (χ1v) is 9.51. The van der Waals surface area contributed by atoms with Crippen LogP contribution in [0, 0.1) is 5.82 Å². The van der Waals surface area contributed by atoms with Gasteiger partial charge in [0.25, 0.3) is 5.91 Å². The maximum atomic E-state index is 13.4. The van der Waals surface area contributed by atoms with Gasteiger partial charge in [-0.25, -0.2) is 4.39 Å². The Morgan fingerprint density at radius 2 is 1.96 bits per heavy atom. The number of rotatable bonds is 6. The number of benzene rings is 2. The average molecular weight is 391 g/mol. The number of carbonyl (C=O) groups is 1. The molecule has 3 nitrogen and oxygen atoms in total. The van der Waals surface area contributed by atoms with Gasteiger partial charge in [-0.2, -0.15) is 0 Å². The van der Waals surface area contributed by atoms with Crippen molar-refractivity contribution >= 4 is 38.9 Å². The summed E-state index contributed by atoms with van der Waals surface area (Å²) in [5.74, 6) is -0.561. The highest BCUT2D eigenvalue weighted by Crippen LogP contribution is 2.35. The van der Waals surface area contributed by atoms with Crippen LogP contribution in [0.1, 0.15) is 15.2 Å². The van der Waals surface area contributed by atoms with Crippen molar-refractivity contribution in [2.75, 3.05) is 20.6 Å². The third-order valence-electron chi connectivity index (χ3n) is 4.34. The summed E-state index contributed by atoms with van der Waals surface area (Å²) >= 11 is 7.54. The van der Waals surface area contributed by atoms with Crippen LogP contribution in [0.25, 0.3) is 10.1 Å². The minimum absolute atomic E-state index is 0.159. The van der Waals surface area contributed by atoms with Crippen LogP contribution in [-0.4, -0.2) is 37.5 Å². The van der Waals surface area contributed by atoms with Crippen LogP contribution in [-0.2, 0) is 6.42 Å². The van der Waals surface area contributed by atoms with E-state index in [-0.39, 0.29) is 17.8 Å². The number of nitrogens with zero attached hydrogens (tertiary/aromatic N) is 1. The molecule has 0 aliphatic heterocycles. The van der Waals surface area contributed by atoms with E-state index in [2.05, 4.69) is 22.3 Å². The molecular formula is C20H20ClFN2OS. The number of amides is 1. The van der Waals surface area contributed by atoms with Crippen LogP contribution in [0.3, 0.4) is 0 Å². The van der Waals surface area contributed by atoms with Crippen LogP contribution < -0.4 is 5.32 Å². The molecule has 136 valence electrons. The molecule has 0 aliphatic rings. The Hall–Kier alpha value is -1.95. The maximum Gasteiger partial charge on any atom is 0.262 e. The van der Waals surface area contributed by atoms with Crippen molar-refractivity contribution in [2.24, 2.45) is 0 Å². The standard InChI is InChI=1S/C20H20ClFN2OS/c1-24(2)15(10-13-6-4-3-5-7-13)12-23-20(25)19-18(21)16-9-8-14(22)11-17(16)26-19/h3-9,11,15H,10,12H2,1-2H3,(H,23,25). The lowest BCUT2D eigenvalue weighted by Crippen LogP contribution is -2.41. The Balaban J connectivity index is 1.71. The number of hydrogen-bond donors (Lipinski definition) is 1. The van der Waals surface area contributed by atoms with Crippen LogP contribution in [0.5, 0.6) is 0 Å². The highest BCUT2D eigenvalue weighted by molar-refractivity contribution is 7.21. The van der Waals surface area contributed by atoms with E-state index >= 15 is 0 Å². The minimum atomic E-state index is -0.335. The molecule has 3 rings (SSSR count). The summed E-state index contributed by atoms with van der Waals surface area (Å²) in [6.07, 6.45) is 0.833. The van der Waals surface area contributed by atoms with Gasteiger partial charge in [0, 0.05) is 22.7 Å². The van der Waals surface area contributed by atoms with E-state index in [0.29, 0.717) is 26.5 Å². The lowest BCUT2D eigenvalue weighted by molar-refractivity contribution is 0.0946. The molecule has 6 heteroatoms. The van der Waals surface area contributed by atoms with E-state index in [1.807, 2.05) is 32.3 Å². The van der Waals surface area contributed by atoms with E-state index in [0.717, 1.165) is 6.42 Å². The largest absolute Gasteiger partial charge is 0.350 e. The van der Waals surface area contributed by atoms with Gasteiger partial charge in [-0.1, -0.05) is 41.9 Å². The van der Waals surface area contributed by atoms with E-state index in [1.54, 1.807) is 6.07 Å². The number of carbonyl (C=O) groups excluding carboxylic acids is 1. The lowest BCUT2D eigenvalue weighted by Gasteiger charge is -2.24. The van der Waals surface area contributed by atoms with Crippen molar-refractivity contribution in [2.45, 2.75) is 12.5 Å². The molecule has 26 heavy (non-hydrogen) atoms. The quantitative estimate of drug-likeness (QED) is 0.667. The molecule has 1 N–H and O–H groups in total. The molecule has 0 fully saturated rings. The zero-order valence-corrected chi connectivity index (χ0v) is 16.2. The predicted octanol–water partition coefficient (Wildman–Crippen LogP) is 4.60. The normalized spacial score (nSPS) is 12.5. The third-order valence-corrected chi connectivity index (χ3v) is 6.00.